The average Bonchev–Trinajstić information content (AvgIpc) is 3.61. The van der Waals surface area contributed by atoms with E-state index in [0.717, 1.165) is 40.8 Å². The molecule has 0 bridgehead atoms. The van der Waals surface area contributed by atoms with Gasteiger partial charge in [-0.3, -0.25) is 4.79 Å². The van der Waals surface area contributed by atoms with Crippen LogP contribution >= 0.6 is 0 Å². The molecule has 1 aliphatic carbocycles. The topological polar surface area (TPSA) is 94.1 Å². The van der Waals surface area contributed by atoms with Crippen molar-refractivity contribution in [1.82, 2.24) is 25.2 Å². The molecule has 7 heteroatoms. The molecule has 5 rings (SSSR count). The molecule has 2 aromatic heterocycles. The highest BCUT2D eigenvalue weighted by Crippen LogP contribution is 2.39. The van der Waals surface area contributed by atoms with E-state index < -0.39 is 11.6 Å². The molecule has 35 heavy (non-hydrogen) atoms. The summed E-state index contributed by atoms with van der Waals surface area (Å²) in [6.07, 6.45) is 7.07. The standard InChI is InChI=1S/C28H35N5O2/c1-18(21-16-29-25-23(21)32-22(17-30-25)19-10-11-19)31-24(27(2,3)4)26(34)33-14-12-28(35,13-15-33)20-8-6-5-7-9-20/h5-9,16-17,19,24,31,35H,1,10-15H2,2-4H3,(H,29,30)/t24-/m0/s1. The number of nitrogens with one attached hydrogen (secondary N) is 2. The molecule has 2 aliphatic rings. The molecule has 0 radical (unpaired) electrons. The van der Waals surface area contributed by atoms with E-state index in [1.807, 2.05) is 47.6 Å². The lowest BCUT2D eigenvalue weighted by atomic mass is 9.82. The van der Waals surface area contributed by atoms with Gasteiger partial charge in [-0.2, -0.15) is 0 Å². The molecule has 3 aromatic rings. The maximum absolute atomic E-state index is 13.7. The van der Waals surface area contributed by atoms with Crippen LogP contribution in [0, 0.1) is 5.41 Å². The predicted octanol–water partition coefficient (Wildman–Crippen LogP) is 4.32. The van der Waals surface area contributed by atoms with Crippen molar-refractivity contribution in [2.24, 2.45) is 5.41 Å². The lowest BCUT2D eigenvalue weighted by molar-refractivity contribution is -0.140. The summed E-state index contributed by atoms with van der Waals surface area (Å²) in [5.74, 6) is 0.534. The molecule has 184 valence electrons. The largest absolute Gasteiger partial charge is 0.385 e. The lowest BCUT2D eigenvalue weighted by Crippen LogP contribution is -2.55. The van der Waals surface area contributed by atoms with Gasteiger partial charge in [0.1, 0.15) is 11.6 Å². The summed E-state index contributed by atoms with van der Waals surface area (Å²) in [5.41, 5.74) is 3.71. The van der Waals surface area contributed by atoms with Gasteiger partial charge in [0.05, 0.1) is 17.5 Å². The molecule has 1 aromatic carbocycles. The zero-order valence-corrected chi connectivity index (χ0v) is 20.8. The molecule has 1 amide bonds. The first-order chi connectivity index (χ1) is 16.7. The number of piperidine rings is 1. The summed E-state index contributed by atoms with van der Waals surface area (Å²) < 4.78 is 0. The number of aliphatic hydroxyl groups is 1. The fourth-order valence-corrected chi connectivity index (χ4v) is 4.93. The van der Waals surface area contributed by atoms with Gasteiger partial charge in [-0.15, -0.1) is 0 Å². The van der Waals surface area contributed by atoms with Crippen LogP contribution in [0.15, 0.2) is 49.3 Å². The maximum atomic E-state index is 13.7. The molecule has 1 saturated carbocycles. The molecule has 3 N–H and O–H groups in total. The summed E-state index contributed by atoms with van der Waals surface area (Å²) in [4.78, 5) is 28.2. The van der Waals surface area contributed by atoms with Crippen LogP contribution in [-0.2, 0) is 10.4 Å². The molecular weight excluding hydrogens is 438 g/mol. The normalized spacial score (nSPS) is 18.9. The van der Waals surface area contributed by atoms with E-state index in [-0.39, 0.29) is 11.3 Å². The van der Waals surface area contributed by atoms with Crippen LogP contribution in [0.5, 0.6) is 0 Å². The number of carbonyl (C=O) groups is 1. The number of aromatic nitrogens is 3. The van der Waals surface area contributed by atoms with Crippen molar-refractivity contribution in [3.8, 4) is 0 Å². The Morgan fingerprint density at radius 2 is 1.91 bits per heavy atom. The number of likely N-dealkylation sites (tertiary alicyclic amines) is 1. The number of fused-ring (bicyclic) bond motifs is 1. The van der Waals surface area contributed by atoms with Crippen LogP contribution < -0.4 is 5.32 Å². The number of amides is 1. The molecule has 7 nitrogen and oxygen atoms in total. The van der Waals surface area contributed by atoms with Crippen LogP contribution in [-0.4, -0.2) is 50.0 Å². The minimum Gasteiger partial charge on any atom is -0.385 e. The third-order valence-electron chi connectivity index (χ3n) is 7.37. The van der Waals surface area contributed by atoms with Gasteiger partial charge in [-0.05, 0) is 36.7 Å². The molecule has 2 fully saturated rings. The Kier molecular flexibility index (Phi) is 5.91. The number of rotatable bonds is 6. The first-order valence-electron chi connectivity index (χ1n) is 12.5. The van der Waals surface area contributed by atoms with Gasteiger partial charge in [0.25, 0.3) is 0 Å². The summed E-state index contributed by atoms with van der Waals surface area (Å²) >= 11 is 0. The Morgan fingerprint density at radius 1 is 1.23 bits per heavy atom. The molecule has 0 unspecified atom stereocenters. The highest BCUT2D eigenvalue weighted by molar-refractivity contribution is 5.89. The van der Waals surface area contributed by atoms with Gasteiger partial charge in [0.15, 0.2) is 5.65 Å². The minimum atomic E-state index is -0.895. The van der Waals surface area contributed by atoms with Gasteiger partial charge in [-0.25, -0.2) is 9.97 Å². The Morgan fingerprint density at radius 3 is 2.54 bits per heavy atom. The second-order valence-electron chi connectivity index (χ2n) is 11.1. The van der Waals surface area contributed by atoms with Gasteiger partial charge in [0, 0.05) is 36.5 Å². The molecular formula is C28H35N5O2. The van der Waals surface area contributed by atoms with E-state index in [0.29, 0.717) is 37.5 Å². The Labute approximate surface area is 206 Å². The highest BCUT2D eigenvalue weighted by atomic mass is 16.3. The third kappa shape index (κ3) is 4.69. The maximum Gasteiger partial charge on any atom is 0.245 e. The van der Waals surface area contributed by atoms with Crippen molar-refractivity contribution in [3.05, 3.63) is 66.1 Å². The number of hydrogen-bond acceptors (Lipinski definition) is 5. The van der Waals surface area contributed by atoms with Crippen LogP contribution in [0.2, 0.25) is 0 Å². The van der Waals surface area contributed by atoms with Crippen LogP contribution in [0.4, 0.5) is 0 Å². The first kappa shape index (κ1) is 23.5. The fourth-order valence-electron chi connectivity index (χ4n) is 4.93. The summed E-state index contributed by atoms with van der Waals surface area (Å²) in [6, 6.07) is 9.28. The second kappa shape index (κ2) is 8.79. The molecule has 3 heterocycles. The van der Waals surface area contributed by atoms with Crippen LogP contribution in [0.1, 0.15) is 69.2 Å². The first-order valence-corrected chi connectivity index (χ1v) is 12.5. The van der Waals surface area contributed by atoms with Gasteiger partial charge in [-0.1, -0.05) is 57.7 Å². The second-order valence-corrected chi connectivity index (χ2v) is 11.1. The summed E-state index contributed by atoms with van der Waals surface area (Å²) in [6.45, 7) is 11.5. The zero-order chi connectivity index (χ0) is 24.8. The highest BCUT2D eigenvalue weighted by Gasteiger charge is 2.40. The number of nitrogens with zero attached hydrogens (tertiary/aromatic N) is 3. The summed E-state index contributed by atoms with van der Waals surface area (Å²) in [5, 5.41) is 14.6. The van der Waals surface area contributed by atoms with Crippen molar-refractivity contribution in [3.63, 3.8) is 0 Å². The van der Waals surface area contributed by atoms with Crippen LogP contribution in [0.25, 0.3) is 16.9 Å². The molecule has 1 aliphatic heterocycles. The SMILES string of the molecule is C=C(N[C@@H](C(=O)N1CCC(O)(c2ccccc2)CC1)C(C)(C)C)c1c[nH]c2ncc(C3CC3)nc12. The van der Waals surface area contributed by atoms with Gasteiger partial charge in [0.2, 0.25) is 5.91 Å². The molecule has 0 spiro atoms. The minimum absolute atomic E-state index is 0.0263. The summed E-state index contributed by atoms with van der Waals surface area (Å²) in [7, 11) is 0. The van der Waals surface area contributed by atoms with Crippen molar-refractivity contribution >= 4 is 22.8 Å². The predicted molar refractivity (Wildman–Crippen MR) is 137 cm³/mol. The quantitative estimate of drug-likeness (QED) is 0.496. The Bertz CT molecular complexity index is 1230. The Balaban J connectivity index is 1.32. The van der Waals surface area contributed by atoms with Crippen molar-refractivity contribution in [2.45, 2.75) is 64.0 Å². The van der Waals surface area contributed by atoms with Gasteiger partial charge >= 0.3 is 0 Å². The van der Waals surface area contributed by atoms with Crippen molar-refractivity contribution < 1.29 is 9.90 Å². The van der Waals surface area contributed by atoms with E-state index >= 15 is 0 Å². The Hall–Kier alpha value is -3.19. The smallest absolute Gasteiger partial charge is 0.245 e. The van der Waals surface area contributed by atoms with E-state index in [9.17, 15) is 9.90 Å². The number of benzene rings is 1. The third-order valence-corrected chi connectivity index (χ3v) is 7.37. The number of H-pyrrole nitrogens is 1. The molecule has 1 atom stereocenters. The zero-order valence-electron chi connectivity index (χ0n) is 20.8. The lowest BCUT2D eigenvalue weighted by Gasteiger charge is -2.42. The number of carbonyl (C=O) groups excluding carboxylic acids is 1. The number of hydrogen-bond donors (Lipinski definition) is 3. The average molecular weight is 474 g/mol. The number of aromatic amines is 1. The van der Waals surface area contributed by atoms with E-state index in [1.165, 1.54) is 0 Å². The van der Waals surface area contributed by atoms with E-state index in [1.54, 1.807) is 0 Å². The van der Waals surface area contributed by atoms with Crippen molar-refractivity contribution in [2.75, 3.05) is 13.1 Å². The monoisotopic (exact) mass is 473 g/mol. The van der Waals surface area contributed by atoms with Crippen LogP contribution in [0.3, 0.4) is 0 Å². The van der Waals surface area contributed by atoms with Crippen molar-refractivity contribution in [1.29, 1.82) is 0 Å². The molecule has 1 saturated heterocycles. The van der Waals surface area contributed by atoms with Gasteiger partial charge < -0.3 is 20.3 Å². The fraction of sp³-hybridized carbons (Fsp3) is 0.464. The van der Waals surface area contributed by atoms with E-state index in [2.05, 4.69) is 42.6 Å². The van der Waals surface area contributed by atoms with E-state index in [4.69, 9.17) is 4.98 Å².